The van der Waals surface area contributed by atoms with Crippen LogP contribution in [0, 0.1) is 0 Å². The Hall–Kier alpha value is -2.83. The molecule has 4 rings (SSSR count). The van der Waals surface area contributed by atoms with Crippen molar-refractivity contribution in [2.45, 2.75) is 6.43 Å². The van der Waals surface area contributed by atoms with Gasteiger partial charge in [0.15, 0.2) is 11.6 Å². The number of hydrogen-bond donors (Lipinski definition) is 1. The second kappa shape index (κ2) is 8.84. The van der Waals surface area contributed by atoms with E-state index in [0.717, 1.165) is 18.5 Å². The molecule has 33 heavy (non-hydrogen) atoms. The third-order valence-corrected chi connectivity index (χ3v) is 7.21. The number of anilines is 2. The van der Waals surface area contributed by atoms with E-state index in [4.69, 9.17) is 16.3 Å². The predicted octanol–water partition coefficient (Wildman–Crippen LogP) is 3.71. The summed E-state index contributed by atoms with van der Waals surface area (Å²) in [6.45, 7) is 3.50. The van der Waals surface area contributed by atoms with Crippen molar-refractivity contribution in [3.05, 3.63) is 52.9 Å². The lowest BCUT2D eigenvalue weighted by Gasteiger charge is -2.33. The van der Waals surface area contributed by atoms with Crippen LogP contribution >= 0.6 is 11.6 Å². The number of halogens is 4. The van der Waals surface area contributed by atoms with Crippen molar-refractivity contribution >= 4 is 49.6 Å². The fraction of sp³-hybridized carbons (Fsp3) is 0.300. The molecule has 0 aliphatic carbocycles. The van der Waals surface area contributed by atoms with Crippen molar-refractivity contribution in [1.29, 1.82) is 0 Å². The molecule has 1 N–H and O–H groups in total. The van der Waals surface area contributed by atoms with Gasteiger partial charge in [-0.3, -0.25) is 0 Å². The topological polar surface area (TPSA) is 95.9 Å². The van der Waals surface area contributed by atoms with Gasteiger partial charge in [-0.2, -0.15) is 0 Å². The van der Waals surface area contributed by atoms with Crippen LogP contribution in [0.25, 0.3) is 16.5 Å². The number of morpholine rings is 1. The van der Waals surface area contributed by atoms with Gasteiger partial charge in [-0.15, -0.1) is 0 Å². The largest absolute Gasteiger partial charge is 0.504 e. The fourth-order valence-electron chi connectivity index (χ4n) is 3.82. The zero-order valence-corrected chi connectivity index (χ0v) is 18.6. The Kier molecular flexibility index (Phi) is 6.25. The van der Waals surface area contributed by atoms with Crippen LogP contribution in [0.5, 0.6) is 0 Å². The molecule has 2 aromatic rings. The molecule has 13 heteroatoms. The van der Waals surface area contributed by atoms with Gasteiger partial charge in [0.25, 0.3) is 16.4 Å². The fourth-order valence-corrected chi connectivity index (χ4v) is 5.70. The van der Waals surface area contributed by atoms with Crippen molar-refractivity contribution < 1.29 is 31.4 Å². The van der Waals surface area contributed by atoms with Crippen LogP contribution in [0.4, 0.5) is 24.7 Å². The molecule has 0 amide bonds. The van der Waals surface area contributed by atoms with Gasteiger partial charge in [0.05, 0.1) is 19.8 Å². The van der Waals surface area contributed by atoms with Crippen LogP contribution in [-0.2, 0) is 14.8 Å². The third kappa shape index (κ3) is 4.13. The summed E-state index contributed by atoms with van der Waals surface area (Å²) >= 11 is 6.26. The Morgan fingerprint density at radius 1 is 1.24 bits per heavy atom. The Labute approximate surface area is 192 Å². The number of benzene rings is 1. The Bertz CT molecular complexity index is 1250. The van der Waals surface area contributed by atoms with Gasteiger partial charge in [-0.05, 0) is 12.1 Å². The zero-order chi connectivity index (χ0) is 23.9. The van der Waals surface area contributed by atoms with E-state index in [9.17, 15) is 26.7 Å². The number of ether oxygens (including phenoxy) is 1. The minimum Gasteiger partial charge on any atom is -0.504 e. The maximum atomic E-state index is 14.8. The zero-order valence-electron chi connectivity index (χ0n) is 17.0. The second-order valence-electron chi connectivity index (χ2n) is 7.19. The van der Waals surface area contributed by atoms with E-state index in [0.29, 0.717) is 30.6 Å². The molecule has 1 aromatic carbocycles. The number of alkyl halides is 2. The number of aromatic nitrogens is 2. The lowest BCUT2D eigenvalue weighted by atomic mass is 10.0. The number of aliphatic hydroxyl groups is 1. The van der Waals surface area contributed by atoms with Crippen LogP contribution in [0.2, 0.25) is 5.02 Å². The van der Waals surface area contributed by atoms with E-state index < -0.39 is 45.3 Å². The first kappa shape index (κ1) is 23.3. The summed E-state index contributed by atoms with van der Waals surface area (Å²) in [6, 6.07) is 2.57. The third-order valence-electron chi connectivity index (χ3n) is 5.16. The highest BCUT2D eigenvalue weighted by Gasteiger charge is 2.43. The molecule has 3 heterocycles. The van der Waals surface area contributed by atoms with E-state index >= 15 is 0 Å². The molecule has 1 fully saturated rings. The summed E-state index contributed by atoms with van der Waals surface area (Å²) in [6.07, 6.45) is -0.789. The monoisotopic (exact) mass is 502 g/mol. The van der Waals surface area contributed by atoms with E-state index in [1.165, 1.54) is 6.07 Å². The average Bonchev–Trinajstić information content (AvgIpc) is 2.76. The van der Waals surface area contributed by atoms with Crippen molar-refractivity contribution in [2.24, 2.45) is 0 Å². The highest BCUT2D eigenvalue weighted by Crippen LogP contribution is 2.46. The molecule has 0 radical (unpaired) electrons. The number of rotatable bonds is 5. The van der Waals surface area contributed by atoms with Gasteiger partial charge in [0.1, 0.15) is 16.4 Å². The molecule has 0 atom stereocenters. The van der Waals surface area contributed by atoms with Crippen LogP contribution < -0.4 is 9.21 Å². The molecule has 0 bridgehead atoms. The van der Waals surface area contributed by atoms with Crippen molar-refractivity contribution in [1.82, 2.24) is 9.97 Å². The first-order chi connectivity index (χ1) is 15.6. The Balaban J connectivity index is 2.03. The molecule has 0 spiro atoms. The van der Waals surface area contributed by atoms with Crippen LogP contribution in [-0.4, -0.2) is 62.8 Å². The van der Waals surface area contributed by atoms with Gasteiger partial charge < -0.3 is 14.7 Å². The highest BCUT2D eigenvalue weighted by atomic mass is 35.5. The van der Waals surface area contributed by atoms with Crippen molar-refractivity contribution in [3.8, 4) is 0 Å². The van der Waals surface area contributed by atoms with Crippen LogP contribution in [0.1, 0.15) is 16.8 Å². The second-order valence-corrected chi connectivity index (χ2v) is 9.42. The SMILES string of the molecule is C=C(F)c1c(C2=C(O)c3nccnc3N(CC(F)F)S2(=O)=O)cc(Cl)cc1N1CCOCC1. The van der Waals surface area contributed by atoms with E-state index in [-0.39, 0.29) is 27.5 Å². The summed E-state index contributed by atoms with van der Waals surface area (Å²) in [5, 5.41) is 11.0. The summed E-state index contributed by atoms with van der Waals surface area (Å²) in [4.78, 5) is 8.64. The minimum atomic E-state index is -4.82. The number of sulfonamides is 1. The summed E-state index contributed by atoms with van der Waals surface area (Å²) in [7, 11) is -4.82. The lowest BCUT2D eigenvalue weighted by Crippen LogP contribution is -2.40. The summed E-state index contributed by atoms with van der Waals surface area (Å²) < 4.78 is 74.1. The smallest absolute Gasteiger partial charge is 0.270 e. The number of aliphatic hydroxyl groups excluding tert-OH is 1. The molecule has 176 valence electrons. The molecule has 0 saturated carbocycles. The van der Waals surface area contributed by atoms with Crippen LogP contribution in [0.3, 0.4) is 0 Å². The van der Waals surface area contributed by atoms with Gasteiger partial charge >= 0.3 is 0 Å². The molecule has 1 saturated heterocycles. The number of hydrogen-bond acceptors (Lipinski definition) is 7. The van der Waals surface area contributed by atoms with Crippen molar-refractivity contribution in [2.75, 3.05) is 42.1 Å². The first-order valence-electron chi connectivity index (χ1n) is 9.69. The van der Waals surface area contributed by atoms with Gasteiger partial charge in [0.2, 0.25) is 0 Å². The van der Waals surface area contributed by atoms with Gasteiger partial charge in [-0.1, -0.05) is 18.2 Å². The summed E-state index contributed by atoms with van der Waals surface area (Å²) in [5.74, 6) is -2.32. The molecule has 2 aliphatic heterocycles. The quantitative estimate of drug-likeness (QED) is 0.666. The highest BCUT2D eigenvalue weighted by molar-refractivity contribution is 8.02. The molecule has 2 aliphatic rings. The van der Waals surface area contributed by atoms with Gasteiger partial charge in [0, 0.05) is 47.3 Å². The lowest BCUT2D eigenvalue weighted by molar-refractivity contribution is 0.122. The van der Waals surface area contributed by atoms with E-state index in [1.54, 1.807) is 4.90 Å². The van der Waals surface area contributed by atoms with Crippen molar-refractivity contribution in [3.63, 3.8) is 0 Å². The number of nitrogens with zero attached hydrogens (tertiary/aromatic N) is 4. The maximum absolute atomic E-state index is 14.8. The standard InChI is InChI=1S/C20H18ClF3N4O4S/c1-11(22)16-13(8-12(21)9-14(16)27-4-6-32-7-5-27)19-18(29)17-20(26-3-2-25-17)28(10-15(23)24)33(19,30)31/h2-3,8-9,15,29H,1,4-7,10H2. The summed E-state index contributed by atoms with van der Waals surface area (Å²) in [5.41, 5.74) is -0.680. The minimum absolute atomic E-state index is 0.0392. The molecule has 1 aromatic heterocycles. The van der Waals surface area contributed by atoms with Crippen LogP contribution in [0.15, 0.2) is 31.1 Å². The molecule has 8 nitrogen and oxygen atoms in total. The Morgan fingerprint density at radius 2 is 1.91 bits per heavy atom. The average molecular weight is 503 g/mol. The first-order valence-corrected chi connectivity index (χ1v) is 11.5. The maximum Gasteiger partial charge on any atom is 0.270 e. The number of fused-ring (bicyclic) bond motifs is 1. The van der Waals surface area contributed by atoms with E-state index in [2.05, 4.69) is 16.5 Å². The normalized spacial score (nSPS) is 18.0. The molecule has 0 unspecified atom stereocenters. The predicted molar refractivity (Wildman–Crippen MR) is 118 cm³/mol. The Morgan fingerprint density at radius 3 is 2.55 bits per heavy atom. The molecular weight excluding hydrogens is 485 g/mol. The van der Waals surface area contributed by atoms with Gasteiger partial charge in [-0.25, -0.2) is 35.9 Å². The molecular formula is C20H18ClF3N4O4S. The van der Waals surface area contributed by atoms with E-state index in [1.807, 2.05) is 0 Å².